The van der Waals surface area contributed by atoms with E-state index in [0.29, 0.717) is 10.7 Å². The van der Waals surface area contributed by atoms with E-state index < -0.39 is 5.66 Å². The third-order valence-electron chi connectivity index (χ3n) is 6.31. The van der Waals surface area contributed by atoms with Crippen LogP contribution < -0.4 is 5.32 Å². The van der Waals surface area contributed by atoms with Crippen LogP contribution in [0, 0.1) is 0 Å². The maximum Gasteiger partial charge on any atom is 0.275 e. The van der Waals surface area contributed by atoms with Crippen LogP contribution in [0.4, 0.5) is 0 Å². The Balaban J connectivity index is 1.54. The average Bonchev–Trinajstić information content (AvgIpc) is 2.96. The van der Waals surface area contributed by atoms with Crippen LogP contribution >= 0.6 is 11.6 Å². The average molecular weight is 402 g/mol. The summed E-state index contributed by atoms with van der Waals surface area (Å²) in [5, 5.41) is 3.78. The number of aliphatic imine (C=N–C) groups is 1. The molecule has 2 saturated carbocycles. The molecule has 2 aliphatic carbocycles. The summed E-state index contributed by atoms with van der Waals surface area (Å²) in [6.45, 7) is 0.0932. The van der Waals surface area contributed by atoms with Crippen molar-refractivity contribution in [2.45, 2.75) is 75.9 Å². The lowest BCUT2D eigenvalue weighted by Gasteiger charge is -2.39. The maximum absolute atomic E-state index is 13.3. The first-order valence-corrected chi connectivity index (χ1v) is 10.9. The maximum atomic E-state index is 13.3. The standard InChI is InChI=1S/C22H28ClN3O2/c23-17-11-9-16(10-12-17)20-21(28)26(22(25-20)13-5-2-6-14-22)15-19(27)24-18-7-3-1-4-8-18/h9-12,18H,1-8,13-15H2,(H,24,27). The molecule has 1 aromatic rings. The lowest BCUT2D eigenvalue weighted by Crippen LogP contribution is -2.53. The summed E-state index contributed by atoms with van der Waals surface area (Å²) in [5.41, 5.74) is 0.673. The van der Waals surface area contributed by atoms with Crippen molar-refractivity contribution in [2.24, 2.45) is 4.99 Å². The lowest BCUT2D eigenvalue weighted by molar-refractivity contribution is -0.136. The molecule has 28 heavy (non-hydrogen) atoms. The van der Waals surface area contributed by atoms with E-state index in [4.69, 9.17) is 16.6 Å². The van der Waals surface area contributed by atoms with Gasteiger partial charge in [-0.3, -0.25) is 14.6 Å². The molecule has 150 valence electrons. The van der Waals surface area contributed by atoms with E-state index in [1.165, 1.54) is 19.3 Å². The number of amides is 2. The molecular formula is C22H28ClN3O2. The summed E-state index contributed by atoms with van der Waals surface area (Å²) in [4.78, 5) is 32.7. The third-order valence-corrected chi connectivity index (χ3v) is 6.57. The number of nitrogens with one attached hydrogen (secondary N) is 1. The monoisotopic (exact) mass is 401 g/mol. The summed E-state index contributed by atoms with van der Waals surface area (Å²) in [5.74, 6) is -0.194. The summed E-state index contributed by atoms with van der Waals surface area (Å²) < 4.78 is 0. The van der Waals surface area contributed by atoms with Crippen molar-refractivity contribution in [1.29, 1.82) is 0 Å². The van der Waals surface area contributed by atoms with E-state index >= 15 is 0 Å². The predicted octanol–water partition coefficient (Wildman–Crippen LogP) is 4.08. The van der Waals surface area contributed by atoms with Crippen LogP contribution in [0.3, 0.4) is 0 Å². The predicted molar refractivity (Wildman–Crippen MR) is 111 cm³/mol. The fourth-order valence-corrected chi connectivity index (χ4v) is 4.94. The van der Waals surface area contributed by atoms with Crippen LogP contribution in [0.5, 0.6) is 0 Å². The Hall–Kier alpha value is -1.88. The first-order valence-electron chi connectivity index (χ1n) is 10.5. The molecule has 0 aromatic heterocycles. The molecule has 0 bridgehead atoms. The van der Waals surface area contributed by atoms with Gasteiger partial charge in [-0.25, -0.2) is 0 Å². The Morgan fingerprint density at radius 1 is 1.07 bits per heavy atom. The molecule has 0 radical (unpaired) electrons. The normalized spacial score (nSPS) is 22.4. The van der Waals surface area contributed by atoms with Crippen molar-refractivity contribution in [2.75, 3.05) is 6.54 Å². The van der Waals surface area contributed by atoms with Gasteiger partial charge in [0.1, 0.15) is 17.9 Å². The van der Waals surface area contributed by atoms with Crippen LogP contribution in [-0.4, -0.2) is 40.7 Å². The molecule has 0 unspecified atom stereocenters. The van der Waals surface area contributed by atoms with Gasteiger partial charge >= 0.3 is 0 Å². The van der Waals surface area contributed by atoms with E-state index in [1.54, 1.807) is 17.0 Å². The zero-order valence-electron chi connectivity index (χ0n) is 16.3. The second-order valence-electron chi connectivity index (χ2n) is 8.30. The smallest absolute Gasteiger partial charge is 0.275 e. The number of halogens is 1. The van der Waals surface area contributed by atoms with Gasteiger partial charge in [0.25, 0.3) is 5.91 Å². The van der Waals surface area contributed by atoms with Crippen LogP contribution in [0.25, 0.3) is 0 Å². The Bertz CT molecular complexity index is 762. The highest BCUT2D eigenvalue weighted by Crippen LogP contribution is 2.39. The van der Waals surface area contributed by atoms with Crippen LogP contribution in [0.2, 0.25) is 5.02 Å². The molecule has 1 N–H and O–H groups in total. The molecule has 1 heterocycles. The summed E-state index contributed by atoms with van der Waals surface area (Å²) in [6.07, 6.45) is 10.5. The molecule has 1 aromatic carbocycles. The van der Waals surface area contributed by atoms with Crippen LogP contribution in [-0.2, 0) is 9.59 Å². The molecule has 0 saturated heterocycles. The van der Waals surface area contributed by atoms with Gasteiger partial charge in [-0.15, -0.1) is 0 Å². The number of benzene rings is 1. The fourth-order valence-electron chi connectivity index (χ4n) is 4.81. The minimum atomic E-state index is -0.561. The zero-order chi connectivity index (χ0) is 19.6. The van der Waals surface area contributed by atoms with Crippen LogP contribution in [0.1, 0.15) is 69.8 Å². The number of nitrogens with zero attached hydrogens (tertiary/aromatic N) is 2. The van der Waals surface area contributed by atoms with Crippen molar-refractivity contribution < 1.29 is 9.59 Å². The first kappa shape index (κ1) is 19.4. The Morgan fingerprint density at radius 3 is 2.39 bits per heavy atom. The van der Waals surface area contributed by atoms with Crippen molar-refractivity contribution in [3.63, 3.8) is 0 Å². The molecule has 2 amide bonds. The van der Waals surface area contributed by atoms with Crippen molar-refractivity contribution in [1.82, 2.24) is 10.2 Å². The Labute approximate surface area is 171 Å². The highest BCUT2D eigenvalue weighted by molar-refractivity contribution is 6.47. The molecule has 1 aliphatic heterocycles. The highest BCUT2D eigenvalue weighted by Gasteiger charge is 2.48. The zero-order valence-corrected chi connectivity index (χ0v) is 17.0. The molecule has 0 atom stereocenters. The van der Waals surface area contributed by atoms with Gasteiger partial charge in [0.2, 0.25) is 5.91 Å². The van der Waals surface area contributed by atoms with E-state index in [2.05, 4.69) is 5.32 Å². The number of rotatable bonds is 4. The molecule has 4 rings (SSSR count). The largest absolute Gasteiger partial charge is 0.352 e. The lowest BCUT2D eigenvalue weighted by atomic mass is 9.88. The van der Waals surface area contributed by atoms with Gasteiger partial charge in [0, 0.05) is 16.6 Å². The van der Waals surface area contributed by atoms with Gasteiger partial charge < -0.3 is 10.2 Å². The number of hydrogen-bond donors (Lipinski definition) is 1. The van der Waals surface area contributed by atoms with Gasteiger partial charge in [0.15, 0.2) is 0 Å². The van der Waals surface area contributed by atoms with Crippen LogP contribution in [0.15, 0.2) is 29.3 Å². The third kappa shape index (κ3) is 3.95. The summed E-state index contributed by atoms with van der Waals surface area (Å²) in [7, 11) is 0. The SMILES string of the molecule is O=C(CN1C(=O)C(c2ccc(Cl)cc2)=NC12CCCCC2)NC1CCCCC1. The van der Waals surface area contributed by atoms with Gasteiger partial charge in [-0.05, 0) is 50.7 Å². The Morgan fingerprint density at radius 2 is 1.71 bits per heavy atom. The van der Waals surface area contributed by atoms with Gasteiger partial charge in [-0.2, -0.15) is 0 Å². The number of carbonyl (C=O) groups is 2. The van der Waals surface area contributed by atoms with E-state index in [0.717, 1.165) is 50.5 Å². The second kappa shape index (κ2) is 8.24. The molecule has 3 aliphatic rings. The minimum Gasteiger partial charge on any atom is -0.352 e. The summed E-state index contributed by atoms with van der Waals surface area (Å²) in [6, 6.07) is 7.47. The van der Waals surface area contributed by atoms with Crippen molar-refractivity contribution >= 4 is 29.1 Å². The van der Waals surface area contributed by atoms with Gasteiger partial charge in [0.05, 0.1) is 0 Å². The second-order valence-corrected chi connectivity index (χ2v) is 8.74. The number of carbonyl (C=O) groups excluding carboxylic acids is 2. The molecule has 5 nitrogen and oxygen atoms in total. The minimum absolute atomic E-state index is 0.0576. The summed E-state index contributed by atoms with van der Waals surface area (Å²) >= 11 is 6.00. The molecule has 2 fully saturated rings. The Kier molecular flexibility index (Phi) is 5.72. The van der Waals surface area contributed by atoms with Crippen molar-refractivity contribution in [3.8, 4) is 0 Å². The molecule has 6 heteroatoms. The molecule has 1 spiro atoms. The quantitative estimate of drug-likeness (QED) is 0.826. The van der Waals surface area contributed by atoms with E-state index in [-0.39, 0.29) is 24.4 Å². The van der Waals surface area contributed by atoms with E-state index in [9.17, 15) is 9.59 Å². The highest BCUT2D eigenvalue weighted by atomic mass is 35.5. The van der Waals surface area contributed by atoms with Crippen molar-refractivity contribution in [3.05, 3.63) is 34.9 Å². The number of hydrogen-bond acceptors (Lipinski definition) is 3. The first-order chi connectivity index (χ1) is 13.6. The molecular weight excluding hydrogens is 374 g/mol. The topological polar surface area (TPSA) is 61.8 Å². The fraction of sp³-hybridized carbons (Fsp3) is 0.591. The van der Waals surface area contributed by atoms with Gasteiger partial charge in [-0.1, -0.05) is 49.4 Å². The van der Waals surface area contributed by atoms with E-state index in [1.807, 2.05) is 12.1 Å².